The van der Waals surface area contributed by atoms with Gasteiger partial charge in [0.2, 0.25) is 5.92 Å². The number of nitrogens with zero attached hydrogens (tertiary/aromatic N) is 5. The molecule has 6 rings (SSSR count). The van der Waals surface area contributed by atoms with Crippen molar-refractivity contribution in [3.05, 3.63) is 77.4 Å². The van der Waals surface area contributed by atoms with Crippen LogP contribution in [0, 0.1) is 5.41 Å². The molecule has 1 saturated heterocycles. The van der Waals surface area contributed by atoms with Gasteiger partial charge in [0, 0.05) is 61.5 Å². The van der Waals surface area contributed by atoms with Gasteiger partial charge in [-0.25, -0.2) is 13.8 Å². The molecule has 2 aliphatic rings. The zero-order chi connectivity index (χ0) is 22.1. The Bertz CT molecular complexity index is 1440. The molecule has 32 heavy (non-hydrogen) atoms. The Morgan fingerprint density at radius 3 is 2.66 bits per heavy atom. The number of anilines is 1. The molecule has 0 radical (unpaired) electrons. The van der Waals surface area contributed by atoms with E-state index < -0.39 is 5.92 Å². The summed E-state index contributed by atoms with van der Waals surface area (Å²) in [5, 5.41) is 1.32. The lowest BCUT2D eigenvalue weighted by Gasteiger charge is -2.59. The lowest BCUT2D eigenvalue weighted by Crippen LogP contribution is -2.66. The van der Waals surface area contributed by atoms with Gasteiger partial charge in [-0.1, -0.05) is 12.7 Å². The minimum atomic E-state index is -2.53. The summed E-state index contributed by atoms with van der Waals surface area (Å²) >= 11 is 0. The van der Waals surface area contributed by atoms with Crippen LogP contribution < -0.4 is 10.5 Å². The fourth-order valence-corrected chi connectivity index (χ4v) is 5.20. The first kappa shape index (κ1) is 19.2. The Labute approximate surface area is 182 Å². The van der Waals surface area contributed by atoms with Crippen molar-refractivity contribution in [3.63, 3.8) is 0 Å². The van der Waals surface area contributed by atoms with E-state index >= 15 is 0 Å². The molecule has 0 N–H and O–H groups in total. The van der Waals surface area contributed by atoms with Crippen LogP contribution >= 0.6 is 0 Å². The molecule has 1 saturated carbocycles. The largest absolute Gasteiger partial charge is 0.369 e. The van der Waals surface area contributed by atoms with Crippen LogP contribution in [0.5, 0.6) is 0 Å². The van der Waals surface area contributed by atoms with E-state index in [2.05, 4.69) is 16.5 Å². The first-order valence-electron chi connectivity index (χ1n) is 10.5. The van der Waals surface area contributed by atoms with Gasteiger partial charge in [-0.05, 0) is 23.8 Å². The van der Waals surface area contributed by atoms with E-state index in [-0.39, 0.29) is 23.8 Å². The molecular formula is C24H21F2N5O. The number of rotatable bonds is 4. The molecule has 0 aromatic carbocycles. The van der Waals surface area contributed by atoms with Crippen LogP contribution in [0.1, 0.15) is 24.1 Å². The Balaban J connectivity index is 1.29. The Kier molecular flexibility index (Phi) is 3.88. The van der Waals surface area contributed by atoms with Crippen LogP contribution in [0.2, 0.25) is 0 Å². The third kappa shape index (κ3) is 2.93. The molecule has 2 fully saturated rings. The maximum atomic E-state index is 13.3. The predicted molar refractivity (Wildman–Crippen MR) is 119 cm³/mol. The van der Waals surface area contributed by atoms with E-state index in [1.807, 2.05) is 39.9 Å². The molecule has 4 aromatic heterocycles. The third-order valence-corrected chi connectivity index (χ3v) is 6.63. The highest BCUT2D eigenvalue weighted by Crippen LogP contribution is 2.57. The molecule has 1 aliphatic heterocycles. The van der Waals surface area contributed by atoms with Crippen molar-refractivity contribution in [2.24, 2.45) is 5.41 Å². The summed E-state index contributed by atoms with van der Waals surface area (Å²) in [5.41, 5.74) is 2.96. The zero-order valence-corrected chi connectivity index (χ0v) is 17.3. The van der Waals surface area contributed by atoms with Gasteiger partial charge >= 0.3 is 0 Å². The number of halogens is 2. The highest BCUT2D eigenvalue weighted by Gasteiger charge is 2.61. The summed E-state index contributed by atoms with van der Waals surface area (Å²) in [5.74, 6) is -2.53. The second kappa shape index (κ2) is 6.48. The van der Waals surface area contributed by atoms with E-state index in [1.54, 1.807) is 29.2 Å². The Morgan fingerprint density at radius 1 is 1.09 bits per heavy atom. The van der Waals surface area contributed by atoms with Crippen molar-refractivity contribution >= 4 is 28.2 Å². The summed E-state index contributed by atoms with van der Waals surface area (Å²) in [6.07, 6.45) is 10.6. The third-order valence-electron chi connectivity index (χ3n) is 6.63. The summed E-state index contributed by atoms with van der Waals surface area (Å²) in [6.45, 7) is 5.29. The average molecular weight is 433 g/mol. The first-order valence-corrected chi connectivity index (χ1v) is 10.5. The number of fused-ring (bicyclic) bond motifs is 2. The first-order chi connectivity index (χ1) is 15.3. The normalized spacial score (nSPS) is 18.6. The fourth-order valence-electron chi connectivity index (χ4n) is 5.20. The molecule has 0 unspecified atom stereocenters. The molecule has 1 spiro atoms. The molecule has 0 atom stereocenters. The van der Waals surface area contributed by atoms with Crippen molar-refractivity contribution in [2.45, 2.75) is 25.3 Å². The second-order valence-corrected chi connectivity index (χ2v) is 9.10. The molecule has 0 bridgehead atoms. The minimum absolute atomic E-state index is 0.0468. The van der Waals surface area contributed by atoms with Crippen LogP contribution in [0.25, 0.3) is 22.5 Å². The minimum Gasteiger partial charge on any atom is -0.369 e. The van der Waals surface area contributed by atoms with Gasteiger partial charge in [-0.15, -0.1) is 0 Å². The van der Waals surface area contributed by atoms with Gasteiger partial charge in [-0.3, -0.25) is 9.78 Å². The van der Waals surface area contributed by atoms with Crippen molar-refractivity contribution in [1.82, 2.24) is 18.9 Å². The predicted octanol–water partition coefficient (Wildman–Crippen LogP) is 3.97. The van der Waals surface area contributed by atoms with Crippen LogP contribution in [-0.4, -0.2) is 37.9 Å². The van der Waals surface area contributed by atoms with Gasteiger partial charge in [0.05, 0.1) is 29.5 Å². The maximum absolute atomic E-state index is 13.3. The monoisotopic (exact) mass is 433 g/mol. The van der Waals surface area contributed by atoms with Crippen LogP contribution in [0.15, 0.2) is 60.6 Å². The van der Waals surface area contributed by atoms with Crippen molar-refractivity contribution in [2.75, 3.05) is 18.0 Å². The number of hydrogen-bond donors (Lipinski definition) is 0. The highest BCUT2D eigenvalue weighted by atomic mass is 19.3. The summed E-state index contributed by atoms with van der Waals surface area (Å²) in [6, 6.07) is 5.76. The van der Waals surface area contributed by atoms with Gasteiger partial charge in [0.25, 0.3) is 5.56 Å². The summed E-state index contributed by atoms with van der Waals surface area (Å²) in [4.78, 5) is 24.1. The Hall–Kier alpha value is -3.55. The number of aromatic nitrogens is 4. The van der Waals surface area contributed by atoms with E-state index in [4.69, 9.17) is 0 Å². The molecular weight excluding hydrogens is 412 g/mol. The van der Waals surface area contributed by atoms with Gasteiger partial charge in [0.1, 0.15) is 5.65 Å². The SMILES string of the molecule is C=Cc1ccc2nc(Cn3ccc4c(N5CC6(C5)CC(F)(F)C6)cncc4c3=O)cn2c1. The standard InChI is InChI=1S/C24H21F2N5O/c1-2-16-3-4-21-28-17(11-30(21)9-16)10-29-6-5-18-19(22(29)32)7-27-8-20(18)31-14-23(15-31)12-24(25,26)13-23/h2-9,11H,1,10,12-15H2. The number of alkyl halides is 2. The van der Waals surface area contributed by atoms with Crippen molar-refractivity contribution in [3.8, 4) is 0 Å². The molecule has 162 valence electrons. The van der Waals surface area contributed by atoms with E-state index in [0.29, 0.717) is 25.0 Å². The summed E-state index contributed by atoms with van der Waals surface area (Å²) in [7, 11) is 0. The van der Waals surface area contributed by atoms with Crippen LogP contribution in [-0.2, 0) is 6.54 Å². The van der Waals surface area contributed by atoms with E-state index in [0.717, 1.165) is 28.0 Å². The fraction of sp³-hybridized carbons (Fsp3) is 0.292. The lowest BCUT2D eigenvalue weighted by molar-refractivity contribution is -0.170. The van der Waals surface area contributed by atoms with Gasteiger partial charge in [-0.2, -0.15) is 0 Å². The van der Waals surface area contributed by atoms with Gasteiger partial charge in [0.15, 0.2) is 0 Å². The molecule has 0 amide bonds. The second-order valence-electron chi connectivity index (χ2n) is 9.10. The number of imidazole rings is 1. The lowest BCUT2D eigenvalue weighted by atomic mass is 9.61. The summed E-state index contributed by atoms with van der Waals surface area (Å²) < 4.78 is 30.2. The van der Waals surface area contributed by atoms with Crippen molar-refractivity contribution < 1.29 is 8.78 Å². The molecule has 8 heteroatoms. The maximum Gasteiger partial charge on any atom is 0.260 e. The highest BCUT2D eigenvalue weighted by molar-refractivity contribution is 5.93. The number of pyridine rings is 3. The van der Waals surface area contributed by atoms with Crippen molar-refractivity contribution in [1.29, 1.82) is 0 Å². The van der Waals surface area contributed by atoms with E-state index in [9.17, 15) is 13.6 Å². The quantitative estimate of drug-likeness (QED) is 0.489. The molecule has 1 aliphatic carbocycles. The van der Waals surface area contributed by atoms with Crippen LogP contribution in [0.3, 0.4) is 0 Å². The number of hydrogen-bond acceptors (Lipinski definition) is 4. The Morgan fingerprint density at radius 2 is 1.91 bits per heavy atom. The molecule has 6 nitrogen and oxygen atoms in total. The topological polar surface area (TPSA) is 55.4 Å². The molecule has 4 aromatic rings. The van der Waals surface area contributed by atoms with Crippen LogP contribution in [0.4, 0.5) is 14.5 Å². The molecule has 5 heterocycles. The average Bonchev–Trinajstić information content (AvgIpc) is 3.13. The van der Waals surface area contributed by atoms with E-state index in [1.165, 1.54) is 0 Å². The van der Waals surface area contributed by atoms with Gasteiger partial charge < -0.3 is 13.9 Å². The zero-order valence-electron chi connectivity index (χ0n) is 17.3. The smallest absolute Gasteiger partial charge is 0.260 e.